The van der Waals surface area contributed by atoms with Crippen LogP contribution in [0.25, 0.3) is 0 Å². The SMILES string of the molecule is CC(=O)c1ccc(NC(=O)NNC(=O)C2CC2c2ccc(C(C)(C)C)cc2)cc1. The number of carbonyl (C=O) groups excluding carboxylic acids is 3. The Morgan fingerprint density at radius 3 is 2.07 bits per heavy atom. The molecule has 2 aromatic rings. The van der Waals surface area contributed by atoms with Crippen molar-refractivity contribution in [2.24, 2.45) is 5.92 Å². The average molecular weight is 393 g/mol. The number of Topliss-reactive ketones (excluding diaryl/α,β-unsaturated/α-hetero) is 1. The fourth-order valence-corrected chi connectivity index (χ4v) is 3.25. The van der Waals surface area contributed by atoms with Gasteiger partial charge in [-0.25, -0.2) is 10.2 Å². The second kappa shape index (κ2) is 8.07. The molecule has 3 rings (SSSR count). The van der Waals surface area contributed by atoms with Gasteiger partial charge in [0.15, 0.2) is 5.78 Å². The first kappa shape index (κ1) is 20.6. The highest BCUT2D eigenvalue weighted by Crippen LogP contribution is 2.47. The van der Waals surface area contributed by atoms with Crippen LogP contribution in [0.3, 0.4) is 0 Å². The lowest BCUT2D eigenvalue weighted by atomic mass is 9.86. The highest BCUT2D eigenvalue weighted by atomic mass is 16.2. The molecule has 0 spiro atoms. The molecule has 2 atom stereocenters. The van der Waals surface area contributed by atoms with Gasteiger partial charge in [-0.1, -0.05) is 45.0 Å². The van der Waals surface area contributed by atoms with E-state index in [9.17, 15) is 14.4 Å². The second-order valence-corrected chi connectivity index (χ2v) is 8.52. The third kappa shape index (κ3) is 5.22. The topological polar surface area (TPSA) is 87.3 Å². The maximum absolute atomic E-state index is 12.3. The summed E-state index contributed by atoms with van der Waals surface area (Å²) in [6, 6.07) is 14.4. The summed E-state index contributed by atoms with van der Waals surface area (Å²) in [5.41, 5.74) is 8.46. The van der Waals surface area contributed by atoms with Crippen molar-refractivity contribution in [2.45, 2.75) is 45.4 Å². The highest BCUT2D eigenvalue weighted by molar-refractivity contribution is 5.95. The van der Waals surface area contributed by atoms with Crippen molar-refractivity contribution in [3.8, 4) is 0 Å². The van der Waals surface area contributed by atoms with Gasteiger partial charge in [0, 0.05) is 17.2 Å². The van der Waals surface area contributed by atoms with Crippen molar-refractivity contribution in [2.75, 3.05) is 5.32 Å². The molecule has 3 N–H and O–H groups in total. The third-order valence-corrected chi connectivity index (χ3v) is 5.18. The van der Waals surface area contributed by atoms with E-state index in [-0.39, 0.29) is 28.9 Å². The smallest absolute Gasteiger partial charge is 0.307 e. The Bertz CT molecular complexity index is 912. The summed E-state index contributed by atoms with van der Waals surface area (Å²) in [7, 11) is 0. The number of amides is 3. The number of rotatable bonds is 4. The molecule has 6 heteroatoms. The first-order valence-electron chi connectivity index (χ1n) is 9.73. The van der Waals surface area contributed by atoms with Crippen molar-refractivity contribution in [3.63, 3.8) is 0 Å². The Kier molecular flexibility index (Phi) is 5.73. The standard InChI is InChI=1S/C23H27N3O3/c1-14(27)15-7-11-18(12-8-15)24-22(29)26-25-21(28)20-13-19(20)16-5-9-17(10-6-16)23(2,3)4/h5-12,19-20H,13H2,1-4H3,(H,25,28)(H2,24,26,29). The molecule has 3 amide bonds. The fourth-order valence-electron chi connectivity index (χ4n) is 3.25. The van der Waals surface area contributed by atoms with Gasteiger partial charge in [-0.05, 0) is 60.1 Å². The van der Waals surface area contributed by atoms with Crippen molar-refractivity contribution in [1.29, 1.82) is 0 Å². The van der Waals surface area contributed by atoms with Crippen molar-refractivity contribution < 1.29 is 14.4 Å². The van der Waals surface area contributed by atoms with E-state index in [0.717, 1.165) is 12.0 Å². The van der Waals surface area contributed by atoms with Crippen LogP contribution in [0.5, 0.6) is 0 Å². The van der Waals surface area contributed by atoms with Gasteiger partial charge < -0.3 is 5.32 Å². The van der Waals surface area contributed by atoms with E-state index in [4.69, 9.17) is 0 Å². The summed E-state index contributed by atoms with van der Waals surface area (Å²) in [5.74, 6) is -0.184. The number of urea groups is 1. The van der Waals surface area contributed by atoms with Gasteiger partial charge in [0.1, 0.15) is 0 Å². The molecule has 0 radical (unpaired) electrons. The molecule has 0 aliphatic heterocycles. The Balaban J connectivity index is 1.46. The summed E-state index contributed by atoms with van der Waals surface area (Å²) in [4.78, 5) is 35.5. The summed E-state index contributed by atoms with van der Waals surface area (Å²) in [5, 5.41) is 2.61. The number of ketones is 1. The molecule has 0 aromatic heterocycles. The van der Waals surface area contributed by atoms with Crippen LogP contribution in [-0.4, -0.2) is 17.7 Å². The van der Waals surface area contributed by atoms with Crippen LogP contribution in [0.15, 0.2) is 48.5 Å². The molecule has 2 aromatic carbocycles. The average Bonchev–Trinajstić information content (AvgIpc) is 3.47. The lowest BCUT2D eigenvalue weighted by molar-refractivity contribution is -0.123. The predicted molar refractivity (Wildman–Crippen MR) is 113 cm³/mol. The molecule has 1 aliphatic rings. The summed E-state index contributed by atoms with van der Waals surface area (Å²) < 4.78 is 0. The van der Waals surface area contributed by atoms with Crippen LogP contribution in [0.4, 0.5) is 10.5 Å². The second-order valence-electron chi connectivity index (χ2n) is 8.52. The van der Waals surface area contributed by atoms with Crippen LogP contribution < -0.4 is 16.2 Å². The zero-order valence-electron chi connectivity index (χ0n) is 17.2. The molecular weight excluding hydrogens is 366 g/mol. The van der Waals surface area contributed by atoms with Crippen LogP contribution in [0.2, 0.25) is 0 Å². The molecule has 1 aliphatic carbocycles. The molecule has 6 nitrogen and oxygen atoms in total. The molecule has 0 heterocycles. The Morgan fingerprint density at radius 1 is 0.897 bits per heavy atom. The molecule has 1 saturated carbocycles. The lowest BCUT2D eigenvalue weighted by Crippen LogP contribution is -2.44. The Hall–Kier alpha value is -3.15. The monoisotopic (exact) mass is 393 g/mol. The van der Waals surface area contributed by atoms with Gasteiger partial charge in [0.05, 0.1) is 0 Å². The minimum atomic E-state index is -0.541. The molecule has 1 fully saturated rings. The van der Waals surface area contributed by atoms with Crippen LogP contribution >= 0.6 is 0 Å². The number of nitrogens with one attached hydrogen (secondary N) is 3. The van der Waals surface area contributed by atoms with E-state index >= 15 is 0 Å². The molecule has 152 valence electrons. The maximum Gasteiger partial charge on any atom is 0.337 e. The minimum absolute atomic E-state index is 0.0414. The largest absolute Gasteiger partial charge is 0.337 e. The summed E-state index contributed by atoms with van der Waals surface area (Å²) in [6.45, 7) is 7.99. The number of benzene rings is 2. The van der Waals surface area contributed by atoms with E-state index in [2.05, 4.69) is 61.2 Å². The predicted octanol–water partition coefficient (Wildman–Crippen LogP) is 4.14. The first-order valence-corrected chi connectivity index (χ1v) is 9.73. The first-order chi connectivity index (χ1) is 13.6. The quantitative estimate of drug-likeness (QED) is 0.539. The minimum Gasteiger partial charge on any atom is -0.307 e. The molecule has 2 unspecified atom stereocenters. The van der Waals surface area contributed by atoms with Crippen molar-refractivity contribution >= 4 is 23.4 Å². The van der Waals surface area contributed by atoms with E-state index in [1.54, 1.807) is 24.3 Å². The van der Waals surface area contributed by atoms with E-state index in [0.29, 0.717) is 11.3 Å². The van der Waals surface area contributed by atoms with E-state index in [1.165, 1.54) is 12.5 Å². The number of hydrogen-bond acceptors (Lipinski definition) is 3. The number of carbonyl (C=O) groups is 3. The summed E-state index contributed by atoms with van der Waals surface area (Å²) >= 11 is 0. The zero-order valence-corrected chi connectivity index (χ0v) is 17.2. The van der Waals surface area contributed by atoms with E-state index < -0.39 is 6.03 Å². The van der Waals surface area contributed by atoms with Crippen molar-refractivity contribution in [1.82, 2.24) is 10.9 Å². The lowest BCUT2D eigenvalue weighted by Gasteiger charge is -2.19. The van der Waals surface area contributed by atoms with Gasteiger partial charge in [0.2, 0.25) is 5.91 Å². The van der Waals surface area contributed by atoms with E-state index in [1.807, 2.05) is 0 Å². The van der Waals surface area contributed by atoms with Crippen LogP contribution in [0, 0.1) is 5.92 Å². The van der Waals surface area contributed by atoms with Gasteiger partial charge in [-0.3, -0.25) is 15.0 Å². The van der Waals surface area contributed by atoms with Crippen LogP contribution in [0.1, 0.15) is 61.5 Å². The molecule has 0 bridgehead atoms. The maximum atomic E-state index is 12.3. The molecular formula is C23H27N3O3. The molecule has 0 saturated heterocycles. The van der Waals surface area contributed by atoms with Gasteiger partial charge in [-0.2, -0.15) is 0 Å². The van der Waals surface area contributed by atoms with Gasteiger partial charge in [0.25, 0.3) is 0 Å². The molecule has 29 heavy (non-hydrogen) atoms. The number of hydrazine groups is 1. The highest BCUT2D eigenvalue weighted by Gasteiger charge is 2.44. The zero-order chi connectivity index (χ0) is 21.2. The van der Waals surface area contributed by atoms with Crippen LogP contribution in [-0.2, 0) is 10.2 Å². The Morgan fingerprint density at radius 2 is 1.52 bits per heavy atom. The number of hydrogen-bond donors (Lipinski definition) is 3. The Labute approximate surface area is 171 Å². The summed E-state index contributed by atoms with van der Waals surface area (Å²) in [6.07, 6.45) is 0.774. The van der Waals surface area contributed by atoms with Gasteiger partial charge >= 0.3 is 6.03 Å². The fraction of sp³-hybridized carbons (Fsp3) is 0.348. The normalized spacial score (nSPS) is 17.9. The number of anilines is 1. The van der Waals surface area contributed by atoms with Gasteiger partial charge in [-0.15, -0.1) is 0 Å². The third-order valence-electron chi connectivity index (χ3n) is 5.18. The van der Waals surface area contributed by atoms with Crippen molar-refractivity contribution in [3.05, 3.63) is 65.2 Å².